The fraction of sp³-hybridized carbons (Fsp3) is 0.333. The Morgan fingerprint density at radius 1 is 1.36 bits per heavy atom. The predicted molar refractivity (Wildman–Crippen MR) is 93.5 cm³/mol. The quantitative estimate of drug-likeness (QED) is 0.440. The zero-order valence-electron chi connectivity index (χ0n) is 12.4. The Kier molecular flexibility index (Phi) is 5.68. The summed E-state index contributed by atoms with van der Waals surface area (Å²) >= 11 is 4.02. The van der Waals surface area contributed by atoms with E-state index in [1.54, 1.807) is 0 Å². The summed E-state index contributed by atoms with van der Waals surface area (Å²) in [5.41, 5.74) is 1.65. The van der Waals surface area contributed by atoms with Crippen LogP contribution in [0.5, 0.6) is 0 Å². The van der Waals surface area contributed by atoms with Gasteiger partial charge in [0, 0.05) is 39.4 Å². The molecule has 0 bridgehead atoms. The Morgan fingerprint density at radius 3 is 2.77 bits per heavy atom. The standard InChI is InChI=1S/C15H20N2O3SSi/c18-13(5-6-21)17-14(22)11(15(19)20)7-9-8-16-12-4-2-1-3-10(9)12/h1-4,8,11,14,16,21H,5-7H2,22H3,(H,17,18)(H,19,20)/t11-,14?/m1/s1. The largest absolute Gasteiger partial charge is 0.481 e. The van der Waals surface area contributed by atoms with Gasteiger partial charge in [0.2, 0.25) is 5.91 Å². The third-order valence-electron chi connectivity index (χ3n) is 3.76. The van der Waals surface area contributed by atoms with Crippen LogP contribution in [0, 0.1) is 5.92 Å². The summed E-state index contributed by atoms with van der Waals surface area (Å²) in [5, 5.41) is 13.3. The molecule has 22 heavy (non-hydrogen) atoms. The normalized spacial score (nSPS) is 13.9. The third kappa shape index (κ3) is 3.92. The second-order valence-electron chi connectivity index (χ2n) is 5.34. The van der Waals surface area contributed by atoms with Crippen LogP contribution in [0.2, 0.25) is 0 Å². The van der Waals surface area contributed by atoms with Crippen molar-refractivity contribution in [2.45, 2.75) is 18.5 Å². The van der Waals surface area contributed by atoms with E-state index < -0.39 is 11.9 Å². The fourth-order valence-electron chi connectivity index (χ4n) is 2.54. The van der Waals surface area contributed by atoms with Crippen molar-refractivity contribution in [2.24, 2.45) is 5.92 Å². The topological polar surface area (TPSA) is 82.2 Å². The summed E-state index contributed by atoms with van der Waals surface area (Å²) in [6.45, 7) is 0. The number of benzene rings is 1. The van der Waals surface area contributed by atoms with Gasteiger partial charge in [-0.1, -0.05) is 18.2 Å². The summed E-state index contributed by atoms with van der Waals surface area (Å²) in [6.07, 6.45) is 2.56. The number of rotatable bonds is 7. The van der Waals surface area contributed by atoms with Gasteiger partial charge in [-0.15, -0.1) is 0 Å². The Morgan fingerprint density at radius 2 is 2.09 bits per heavy atom. The monoisotopic (exact) mass is 336 g/mol. The molecule has 0 fully saturated rings. The van der Waals surface area contributed by atoms with Crippen LogP contribution >= 0.6 is 12.6 Å². The first kappa shape index (κ1) is 16.6. The van der Waals surface area contributed by atoms with Crippen molar-refractivity contribution in [1.82, 2.24) is 10.3 Å². The zero-order chi connectivity index (χ0) is 16.1. The Bertz CT molecular complexity index is 674. The van der Waals surface area contributed by atoms with Crippen molar-refractivity contribution in [3.8, 4) is 0 Å². The number of H-pyrrole nitrogens is 1. The van der Waals surface area contributed by atoms with Crippen LogP contribution in [0.3, 0.4) is 0 Å². The van der Waals surface area contributed by atoms with Crippen molar-refractivity contribution in [2.75, 3.05) is 5.75 Å². The maximum absolute atomic E-state index is 11.7. The number of carbonyl (C=O) groups excluding carboxylic acids is 1. The number of thiol groups is 1. The number of aromatic amines is 1. The van der Waals surface area contributed by atoms with Gasteiger partial charge in [-0.3, -0.25) is 9.59 Å². The van der Waals surface area contributed by atoms with E-state index in [0.717, 1.165) is 16.5 Å². The number of carboxylic acids is 1. The second kappa shape index (κ2) is 7.51. The van der Waals surface area contributed by atoms with E-state index >= 15 is 0 Å². The lowest BCUT2D eigenvalue weighted by molar-refractivity contribution is -0.142. The number of carbonyl (C=O) groups is 2. The van der Waals surface area contributed by atoms with Gasteiger partial charge in [-0.05, 0) is 23.8 Å². The molecule has 2 aromatic rings. The van der Waals surface area contributed by atoms with Gasteiger partial charge < -0.3 is 15.4 Å². The SMILES string of the molecule is O=C(CCS)NC([SiH3])[C@@H](Cc1c[nH]c2ccccc12)C(=O)O. The van der Waals surface area contributed by atoms with Crippen molar-refractivity contribution < 1.29 is 14.7 Å². The lowest BCUT2D eigenvalue weighted by Gasteiger charge is -2.21. The minimum Gasteiger partial charge on any atom is -0.481 e. The number of aliphatic carboxylic acids is 1. The summed E-state index contributed by atoms with van der Waals surface area (Å²) < 4.78 is 0. The van der Waals surface area contributed by atoms with Gasteiger partial charge in [0.15, 0.2) is 0 Å². The van der Waals surface area contributed by atoms with E-state index in [1.165, 1.54) is 0 Å². The maximum atomic E-state index is 11.7. The van der Waals surface area contributed by atoms with Crippen LogP contribution in [0.4, 0.5) is 0 Å². The molecule has 118 valence electrons. The minimum atomic E-state index is -0.878. The van der Waals surface area contributed by atoms with Gasteiger partial charge in [0.1, 0.15) is 0 Å². The Hall–Kier alpha value is -1.73. The smallest absolute Gasteiger partial charge is 0.308 e. The molecule has 1 aromatic heterocycles. The highest BCUT2D eigenvalue weighted by molar-refractivity contribution is 7.80. The highest BCUT2D eigenvalue weighted by atomic mass is 32.1. The van der Waals surface area contributed by atoms with Gasteiger partial charge in [-0.25, -0.2) is 0 Å². The number of para-hydroxylation sites is 1. The highest BCUT2D eigenvalue weighted by Crippen LogP contribution is 2.22. The molecule has 2 atom stereocenters. The highest BCUT2D eigenvalue weighted by Gasteiger charge is 2.27. The molecule has 2 rings (SSSR count). The van der Waals surface area contributed by atoms with Crippen LogP contribution in [0.1, 0.15) is 12.0 Å². The van der Waals surface area contributed by atoms with Crippen LogP contribution in [-0.2, 0) is 16.0 Å². The van der Waals surface area contributed by atoms with E-state index in [1.807, 2.05) is 30.5 Å². The second-order valence-corrected chi connectivity index (χ2v) is 7.03. The third-order valence-corrected chi connectivity index (χ3v) is 5.08. The van der Waals surface area contributed by atoms with Crippen LogP contribution in [-0.4, -0.2) is 43.6 Å². The molecule has 0 aliphatic carbocycles. The number of amides is 1. The molecule has 3 N–H and O–H groups in total. The molecule has 0 saturated heterocycles. The first-order valence-corrected chi connectivity index (χ1v) is 8.99. The van der Waals surface area contributed by atoms with Gasteiger partial charge in [-0.2, -0.15) is 12.6 Å². The molecular formula is C15H20N2O3SSi. The molecule has 0 aliphatic heterocycles. The zero-order valence-corrected chi connectivity index (χ0v) is 15.3. The van der Waals surface area contributed by atoms with Crippen LogP contribution in [0.25, 0.3) is 10.9 Å². The average molecular weight is 336 g/mol. The van der Waals surface area contributed by atoms with Crippen molar-refractivity contribution in [3.63, 3.8) is 0 Å². The summed E-state index contributed by atoms with van der Waals surface area (Å²) in [5.74, 6) is -1.17. The molecule has 0 spiro atoms. The Balaban J connectivity index is 2.15. The van der Waals surface area contributed by atoms with Gasteiger partial charge >= 0.3 is 5.97 Å². The van der Waals surface area contributed by atoms with E-state index in [-0.39, 0.29) is 11.6 Å². The molecule has 5 nitrogen and oxygen atoms in total. The molecule has 0 aliphatic rings. The minimum absolute atomic E-state index is 0.139. The molecule has 1 heterocycles. The van der Waals surface area contributed by atoms with E-state index in [9.17, 15) is 14.7 Å². The summed E-state index contributed by atoms with van der Waals surface area (Å²) in [7, 11) is 0.577. The van der Waals surface area contributed by atoms with Crippen molar-refractivity contribution >= 4 is 45.7 Å². The Labute approximate surface area is 137 Å². The number of hydrogen-bond donors (Lipinski definition) is 4. The number of nitrogens with one attached hydrogen (secondary N) is 2. The van der Waals surface area contributed by atoms with E-state index in [0.29, 0.717) is 28.8 Å². The van der Waals surface area contributed by atoms with Crippen LogP contribution in [0.15, 0.2) is 30.5 Å². The van der Waals surface area contributed by atoms with E-state index in [2.05, 4.69) is 22.9 Å². The maximum Gasteiger partial charge on any atom is 0.308 e. The number of carboxylic acid groups (broad SMARTS) is 1. The average Bonchev–Trinajstić information content (AvgIpc) is 2.87. The van der Waals surface area contributed by atoms with Crippen molar-refractivity contribution in [3.05, 3.63) is 36.0 Å². The lowest BCUT2D eigenvalue weighted by Crippen LogP contribution is -2.44. The van der Waals surface area contributed by atoms with Gasteiger partial charge in [0.25, 0.3) is 0 Å². The van der Waals surface area contributed by atoms with E-state index in [4.69, 9.17) is 0 Å². The molecule has 1 aromatic carbocycles. The van der Waals surface area contributed by atoms with Crippen LogP contribution < -0.4 is 5.32 Å². The molecule has 0 saturated carbocycles. The molecule has 1 amide bonds. The molecule has 7 heteroatoms. The number of hydrogen-bond acceptors (Lipinski definition) is 3. The number of fused-ring (bicyclic) bond motifs is 1. The molecule has 0 radical (unpaired) electrons. The number of aromatic nitrogens is 1. The first-order valence-electron chi connectivity index (χ1n) is 7.21. The fourth-order valence-corrected chi connectivity index (χ4v) is 3.59. The molecule has 1 unspecified atom stereocenters. The van der Waals surface area contributed by atoms with Gasteiger partial charge in [0.05, 0.1) is 5.92 Å². The van der Waals surface area contributed by atoms with Crippen molar-refractivity contribution in [1.29, 1.82) is 0 Å². The summed E-state index contributed by atoms with van der Waals surface area (Å²) in [6, 6.07) is 7.80. The lowest BCUT2D eigenvalue weighted by atomic mass is 9.98. The summed E-state index contributed by atoms with van der Waals surface area (Å²) in [4.78, 5) is 26.4. The predicted octanol–water partition coefficient (Wildman–Crippen LogP) is 0.539. The first-order chi connectivity index (χ1) is 10.5. The molecular weight excluding hydrogens is 316 g/mol.